The van der Waals surface area contributed by atoms with Crippen LogP contribution in [0.4, 0.5) is 5.69 Å². The number of ether oxygens (including phenoxy) is 2. The van der Waals surface area contributed by atoms with E-state index in [1.54, 1.807) is 0 Å². The summed E-state index contributed by atoms with van der Waals surface area (Å²) >= 11 is 0. The fraction of sp³-hybridized carbons (Fsp3) is 0.278. The van der Waals surface area contributed by atoms with E-state index in [9.17, 15) is 4.79 Å². The molecule has 122 valence electrons. The molecule has 0 fully saturated rings. The van der Waals surface area contributed by atoms with Crippen molar-refractivity contribution in [2.24, 2.45) is 5.73 Å². The second kappa shape index (κ2) is 8.80. The van der Waals surface area contributed by atoms with Crippen molar-refractivity contribution in [1.29, 1.82) is 0 Å². The molecule has 0 aliphatic heterocycles. The Hall–Kier alpha value is -2.53. The molecule has 0 radical (unpaired) electrons. The highest BCUT2D eigenvalue weighted by Crippen LogP contribution is 2.30. The molecular formula is C18H22N2O3. The molecule has 0 saturated heterocycles. The van der Waals surface area contributed by atoms with Gasteiger partial charge in [0.2, 0.25) is 5.91 Å². The molecule has 0 bridgehead atoms. The van der Waals surface area contributed by atoms with Gasteiger partial charge in [-0.3, -0.25) is 4.79 Å². The maximum atomic E-state index is 11.9. The third-order valence-electron chi connectivity index (χ3n) is 3.13. The number of hydrogen-bond donors (Lipinski definition) is 2. The summed E-state index contributed by atoms with van der Waals surface area (Å²) < 4.78 is 11.3. The predicted molar refractivity (Wildman–Crippen MR) is 91.0 cm³/mol. The fourth-order valence-electron chi connectivity index (χ4n) is 2.03. The van der Waals surface area contributed by atoms with Crippen LogP contribution in [0.25, 0.3) is 0 Å². The SMILES string of the molecule is CCOc1ccc(Oc2ccccc2NC(=O)CCCN)cc1. The van der Waals surface area contributed by atoms with Crippen molar-refractivity contribution in [3.63, 3.8) is 0 Å². The molecule has 0 aromatic heterocycles. The maximum absolute atomic E-state index is 11.9. The number of rotatable bonds is 8. The molecule has 2 aromatic rings. The average Bonchev–Trinajstić information content (AvgIpc) is 2.57. The zero-order valence-corrected chi connectivity index (χ0v) is 13.2. The maximum Gasteiger partial charge on any atom is 0.224 e. The van der Waals surface area contributed by atoms with Gasteiger partial charge >= 0.3 is 0 Å². The van der Waals surface area contributed by atoms with Crippen molar-refractivity contribution >= 4 is 11.6 Å². The van der Waals surface area contributed by atoms with Crippen LogP contribution in [0.15, 0.2) is 48.5 Å². The monoisotopic (exact) mass is 314 g/mol. The van der Waals surface area contributed by atoms with E-state index in [2.05, 4.69) is 5.32 Å². The molecular weight excluding hydrogens is 292 g/mol. The first-order chi connectivity index (χ1) is 11.2. The van der Waals surface area contributed by atoms with Gasteiger partial charge in [0, 0.05) is 6.42 Å². The summed E-state index contributed by atoms with van der Waals surface area (Å²) in [4.78, 5) is 11.9. The third kappa shape index (κ3) is 5.30. The summed E-state index contributed by atoms with van der Waals surface area (Å²) in [6, 6.07) is 14.7. The Morgan fingerprint density at radius 1 is 1.09 bits per heavy atom. The lowest BCUT2D eigenvalue weighted by Crippen LogP contribution is -2.13. The quantitative estimate of drug-likeness (QED) is 0.781. The Kier molecular flexibility index (Phi) is 6.44. The van der Waals surface area contributed by atoms with Gasteiger partial charge in [-0.25, -0.2) is 0 Å². The number of para-hydroxylation sites is 2. The summed E-state index contributed by atoms with van der Waals surface area (Å²) in [5, 5.41) is 2.85. The van der Waals surface area contributed by atoms with E-state index in [4.69, 9.17) is 15.2 Å². The molecule has 0 aliphatic carbocycles. The molecule has 0 unspecified atom stereocenters. The number of carbonyl (C=O) groups excluding carboxylic acids is 1. The van der Waals surface area contributed by atoms with Crippen LogP contribution in [0.1, 0.15) is 19.8 Å². The van der Waals surface area contributed by atoms with Crippen LogP contribution in [0.3, 0.4) is 0 Å². The van der Waals surface area contributed by atoms with Crippen LogP contribution in [0.5, 0.6) is 17.2 Å². The lowest BCUT2D eigenvalue weighted by Gasteiger charge is -2.12. The zero-order chi connectivity index (χ0) is 16.5. The van der Waals surface area contributed by atoms with Gasteiger partial charge in [0.1, 0.15) is 11.5 Å². The minimum Gasteiger partial charge on any atom is -0.494 e. The number of nitrogens with one attached hydrogen (secondary N) is 1. The highest BCUT2D eigenvalue weighted by Gasteiger charge is 2.08. The van der Waals surface area contributed by atoms with Crippen molar-refractivity contribution in [3.05, 3.63) is 48.5 Å². The summed E-state index contributed by atoms with van der Waals surface area (Å²) in [6.45, 7) is 3.06. The molecule has 5 nitrogen and oxygen atoms in total. The van der Waals surface area contributed by atoms with Gasteiger partial charge < -0.3 is 20.5 Å². The molecule has 2 rings (SSSR count). The van der Waals surface area contributed by atoms with E-state index >= 15 is 0 Å². The Balaban J connectivity index is 2.06. The van der Waals surface area contributed by atoms with Crippen LogP contribution in [-0.4, -0.2) is 19.1 Å². The minimum atomic E-state index is -0.0711. The average molecular weight is 314 g/mol. The van der Waals surface area contributed by atoms with Crippen molar-refractivity contribution in [2.45, 2.75) is 19.8 Å². The molecule has 0 spiro atoms. The number of nitrogens with two attached hydrogens (primary N) is 1. The van der Waals surface area contributed by atoms with Gasteiger partial charge in [0.15, 0.2) is 5.75 Å². The molecule has 0 atom stereocenters. The van der Waals surface area contributed by atoms with Crippen LogP contribution in [0, 0.1) is 0 Å². The van der Waals surface area contributed by atoms with Gasteiger partial charge in [-0.05, 0) is 56.3 Å². The van der Waals surface area contributed by atoms with Crippen molar-refractivity contribution in [1.82, 2.24) is 0 Å². The topological polar surface area (TPSA) is 73.6 Å². The van der Waals surface area contributed by atoms with Gasteiger partial charge in [0.05, 0.1) is 12.3 Å². The normalized spacial score (nSPS) is 10.2. The molecule has 23 heavy (non-hydrogen) atoms. The Labute approximate surface area is 136 Å². The minimum absolute atomic E-state index is 0.0711. The number of benzene rings is 2. The number of anilines is 1. The predicted octanol–water partition coefficient (Wildman–Crippen LogP) is 3.56. The molecule has 0 saturated carbocycles. The van der Waals surface area contributed by atoms with E-state index < -0.39 is 0 Å². The summed E-state index contributed by atoms with van der Waals surface area (Å²) in [5.41, 5.74) is 6.06. The Morgan fingerprint density at radius 2 is 1.78 bits per heavy atom. The summed E-state index contributed by atoms with van der Waals surface area (Å²) in [5.74, 6) is 2.00. The molecule has 0 aliphatic rings. The highest BCUT2D eigenvalue weighted by molar-refractivity contribution is 5.92. The smallest absolute Gasteiger partial charge is 0.224 e. The lowest BCUT2D eigenvalue weighted by atomic mass is 10.2. The molecule has 3 N–H and O–H groups in total. The molecule has 0 heterocycles. The summed E-state index contributed by atoms with van der Waals surface area (Å²) in [7, 11) is 0. The first-order valence-electron chi connectivity index (χ1n) is 7.72. The Morgan fingerprint density at radius 3 is 2.48 bits per heavy atom. The first-order valence-corrected chi connectivity index (χ1v) is 7.72. The van der Waals surface area contributed by atoms with Gasteiger partial charge in [-0.15, -0.1) is 0 Å². The van der Waals surface area contributed by atoms with E-state index in [-0.39, 0.29) is 5.91 Å². The van der Waals surface area contributed by atoms with Crippen molar-refractivity contribution in [3.8, 4) is 17.2 Å². The van der Waals surface area contributed by atoms with Crippen LogP contribution in [-0.2, 0) is 4.79 Å². The zero-order valence-electron chi connectivity index (χ0n) is 13.2. The van der Waals surface area contributed by atoms with Gasteiger partial charge in [-0.1, -0.05) is 12.1 Å². The van der Waals surface area contributed by atoms with Crippen LogP contribution < -0.4 is 20.5 Å². The van der Waals surface area contributed by atoms with Crippen molar-refractivity contribution < 1.29 is 14.3 Å². The standard InChI is InChI=1S/C18H22N2O3/c1-2-22-14-9-11-15(12-10-14)23-17-7-4-3-6-16(17)20-18(21)8-5-13-19/h3-4,6-7,9-12H,2,5,8,13,19H2,1H3,(H,20,21). The number of carbonyl (C=O) groups is 1. The second-order valence-corrected chi connectivity index (χ2v) is 4.94. The first kappa shape index (κ1) is 16.8. The highest BCUT2D eigenvalue weighted by atomic mass is 16.5. The van der Waals surface area contributed by atoms with E-state index in [0.717, 1.165) is 5.75 Å². The number of amides is 1. The largest absolute Gasteiger partial charge is 0.494 e. The Bertz CT molecular complexity index is 626. The van der Waals surface area contributed by atoms with E-state index in [1.807, 2.05) is 55.5 Å². The van der Waals surface area contributed by atoms with Crippen molar-refractivity contribution in [2.75, 3.05) is 18.5 Å². The summed E-state index contributed by atoms with van der Waals surface area (Å²) in [6.07, 6.45) is 1.06. The lowest BCUT2D eigenvalue weighted by molar-refractivity contribution is -0.116. The van der Waals surface area contributed by atoms with Crippen LogP contribution in [0.2, 0.25) is 0 Å². The van der Waals surface area contributed by atoms with Gasteiger partial charge in [0.25, 0.3) is 0 Å². The third-order valence-corrected chi connectivity index (χ3v) is 3.13. The van der Waals surface area contributed by atoms with Gasteiger partial charge in [-0.2, -0.15) is 0 Å². The molecule has 5 heteroatoms. The van der Waals surface area contributed by atoms with E-state index in [0.29, 0.717) is 43.2 Å². The molecule has 1 amide bonds. The van der Waals surface area contributed by atoms with E-state index in [1.165, 1.54) is 0 Å². The van der Waals surface area contributed by atoms with Crippen LogP contribution >= 0.6 is 0 Å². The second-order valence-electron chi connectivity index (χ2n) is 4.94. The fourth-order valence-corrected chi connectivity index (χ4v) is 2.03. The molecule has 2 aromatic carbocycles. The number of hydrogen-bond acceptors (Lipinski definition) is 4.